The molecule has 9 heteroatoms. The monoisotopic (exact) mass is 456 g/mol. The summed E-state index contributed by atoms with van der Waals surface area (Å²) in [6.07, 6.45) is 6.16. The Kier molecular flexibility index (Phi) is 5.93. The van der Waals surface area contributed by atoms with E-state index in [9.17, 15) is 14.7 Å². The third-order valence-corrected chi connectivity index (χ3v) is 6.57. The van der Waals surface area contributed by atoms with Gasteiger partial charge in [0.2, 0.25) is 18.0 Å². The lowest BCUT2D eigenvalue weighted by Crippen LogP contribution is -2.37. The highest BCUT2D eigenvalue weighted by Gasteiger charge is 2.40. The third kappa shape index (κ3) is 4.13. The Morgan fingerprint density at radius 1 is 1.32 bits per heavy atom. The Morgan fingerprint density at radius 3 is 2.68 bits per heavy atom. The predicted molar refractivity (Wildman–Crippen MR) is 114 cm³/mol. The first-order chi connectivity index (χ1) is 14.9. The number of Topliss-reactive ketones (excluding diaryl/α,β-unsaturated/α-hetero) is 1. The minimum atomic E-state index is -0.747. The number of hydrogen-bond donors (Lipinski definition) is 1. The zero-order chi connectivity index (χ0) is 22.1. The Bertz CT molecular complexity index is 1150. The van der Waals surface area contributed by atoms with Crippen LogP contribution in [0.1, 0.15) is 38.4 Å². The zero-order valence-electron chi connectivity index (χ0n) is 17.1. The molecule has 1 aliphatic heterocycles. The van der Waals surface area contributed by atoms with Gasteiger partial charge in [0.05, 0.1) is 28.2 Å². The number of nitrogens with zero attached hydrogens (tertiary/aromatic N) is 3. The van der Waals surface area contributed by atoms with Crippen LogP contribution in [0.4, 0.5) is 0 Å². The van der Waals surface area contributed by atoms with Gasteiger partial charge in [0.15, 0.2) is 0 Å². The van der Waals surface area contributed by atoms with Crippen LogP contribution in [-0.2, 0) is 11.3 Å². The highest BCUT2D eigenvalue weighted by Crippen LogP contribution is 2.39. The van der Waals surface area contributed by atoms with E-state index in [2.05, 4.69) is 9.97 Å². The molecule has 31 heavy (non-hydrogen) atoms. The summed E-state index contributed by atoms with van der Waals surface area (Å²) in [5, 5.41) is 14.3. The third-order valence-electron chi connectivity index (χ3n) is 5.24. The largest absolute Gasteiger partial charge is 0.868 e. The highest BCUT2D eigenvalue weighted by molar-refractivity contribution is 7.14. The van der Waals surface area contributed by atoms with Gasteiger partial charge in [0.1, 0.15) is 12.4 Å². The van der Waals surface area contributed by atoms with Crippen LogP contribution in [-0.4, -0.2) is 33.1 Å². The number of halogens is 1. The van der Waals surface area contributed by atoms with E-state index in [0.717, 1.165) is 5.01 Å². The molecule has 1 aliphatic rings. The fourth-order valence-electron chi connectivity index (χ4n) is 3.84. The number of aromatic amines is 1. The van der Waals surface area contributed by atoms with E-state index < -0.39 is 23.5 Å². The number of hydrogen-bond acceptors (Lipinski definition) is 5. The number of rotatable bonds is 7. The lowest BCUT2D eigenvalue weighted by atomic mass is 9.95. The van der Waals surface area contributed by atoms with Crippen molar-refractivity contribution in [1.82, 2.24) is 14.9 Å². The van der Waals surface area contributed by atoms with Crippen LogP contribution in [0.5, 0.6) is 0 Å². The Balaban J connectivity index is 1.69. The fourth-order valence-corrected chi connectivity index (χ4v) is 4.84. The van der Waals surface area contributed by atoms with Gasteiger partial charge in [-0.25, -0.2) is 9.55 Å². The van der Waals surface area contributed by atoms with E-state index in [1.807, 2.05) is 30.2 Å². The van der Waals surface area contributed by atoms with Gasteiger partial charge < -0.3 is 10.0 Å². The molecule has 0 saturated carbocycles. The minimum absolute atomic E-state index is 0.0200. The van der Waals surface area contributed by atoms with E-state index in [1.165, 1.54) is 16.2 Å². The normalized spacial score (nSPS) is 16.4. The second kappa shape index (κ2) is 8.64. The summed E-state index contributed by atoms with van der Waals surface area (Å²) in [4.78, 5) is 35.5. The number of H-pyrrole nitrogens is 1. The Morgan fingerprint density at radius 2 is 2.06 bits per heavy atom. The molecular weight excluding hydrogens is 436 g/mol. The average Bonchev–Trinajstić information content (AvgIpc) is 3.43. The Hall–Kier alpha value is -2.97. The summed E-state index contributed by atoms with van der Waals surface area (Å²) in [6.45, 7) is 4.56. The molecule has 1 N–H and O–H groups in total. The molecule has 0 radical (unpaired) electrons. The van der Waals surface area contributed by atoms with Crippen molar-refractivity contribution in [2.75, 3.05) is 6.54 Å². The number of benzene rings is 1. The number of aryl methyl sites for hydroxylation is 3. The standard InChI is InChI=1S/C22H21ClN4O3S/c1-13-21(31-14(2)25-13)19(28)17-18(15-4-6-16(23)7-5-15)27(22(30)20(17)29)10-3-9-26-11-8-24-12-26/h4-8,11-12,18H,3,9-10H2,1-2H3,(H,28,29). The zero-order valence-corrected chi connectivity index (χ0v) is 18.7. The van der Waals surface area contributed by atoms with Gasteiger partial charge in [0.25, 0.3) is 0 Å². The predicted octanol–water partition coefficient (Wildman–Crippen LogP) is 2.50. The molecule has 1 amide bonds. The average molecular weight is 457 g/mol. The second-order valence-corrected chi connectivity index (χ2v) is 9.01. The molecule has 4 rings (SSSR count). The molecule has 1 atom stereocenters. The molecule has 0 spiro atoms. The number of carbonyl (C=O) groups is 2. The van der Waals surface area contributed by atoms with Gasteiger partial charge in [-0.3, -0.25) is 14.6 Å². The maximum absolute atomic E-state index is 13.4. The number of aromatic nitrogens is 3. The topological polar surface area (TPSA) is 93.0 Å². The van der Waals surface area contributed by atoms with Gasteiger partial charge in [-0.2, -0.15) is 0 Å². The van der Waals surface area contributed by atoms with Gasteiger partial charge in [-0.15, -0.1) is 11.3 Å². The summed E-state index contributed by atoms with van der Waals surface area (Å²) < 4.78 is 1.96. The number of imidazole rings is 1. The van der Waals surface area contributed by atoms with Crippen LogP contribution in [0.3, 0.4) is 0 Å². The molecular formula is C22H21ClN4O3S. The number of nitrogens with one attached hydrogen (secondary N) is 1. The van der Waals surface area contributed by atoms with E-state index in [1.54, 1.807) is 31.2 Å². The fraction of sp³-hybridized carbons (Fsp3) is 0.273. The summed E-state index contributed by atoms with van der Waals surface area (Å²) >= 11 is 7.28. The van der Waals surface area contributed by atoms with E-state index >= 15 is 0 Å². The maximum atomic E-state index is 13.4. The van der Waals surface area contributed by atoms with Gasteiger partial charge in [0, 0.05) is 23.6 Å². The molecule has 160 valence electrons. The second-order valence-electron chi connectivity index (χ2n) is 7.37. The molecule has 0 aliphatic carbocycles. The van der Waals surface area contributed by atoms with Crippen molar-refractivity contribution in [2.24, 2.45) is 0 Å². The maximum Gasteiger partial charge on any atom is 0.241 e. The van der Waals surface area contributed by atoms with E-state index in [-0.39, 0.29) is 5.57 Å². The highest BCUT2D eigenvalue weighted by atomic mass is 35.5. The van der Waals surface area contributed by atoms with Gasteiger partial charge in [-0.05, 0) is 37.3 Å². The summed E-state index contributed by atoms with van der Waals surface area (Å²) in [6, 6.07) is 6.16. The molecule has 1 aromatic carbocycles. The molecule has 3 aromatic rings. The SMILES string of the molecule is Cc1nc(C)c(C(=O)C2=C([O-])C(=O)N(CCC[n+]3cc[nH]c3)C2c2ccc(Cl)cc2)s1. The first-order valence-electron chi connectivity index (χ1n) is 9.85. The van der Waals surface area contributed by atoms with Crippen LogP contribution in [0.15, 0.2) is 54.3 Å². The summed E-state index contributed by atoms with van der Waals surface area (Å²) in [5.41, 5.74) is 1.23. The lowest BCUT2D eigenvalue weighted by Gasteiger charge is -2.27. The van der Waals surface area contributed by atoms with E-state index in [4.69, 9.17) is 11.6 Å². The van der Waals surface area contributed by atoms with Crippen LogP contribution in [0.25, 0.3) is 0 Å². The van der Waals surface area contributed by atoms with Crippen molar-refractivity contribution in [2.45, 2.75) is 32.9 Å². The molecule has 0 bridgehead atoms. The number of amides is 1. The van der Waals surface area contributed by atoms with Crippen molar-refractivity contribution >= 4 is 34.6 Å². The molecule has 0 saturated heterocycles. The van der Waals surface area contributed by atoms with Crippen LogP contribution < -0.4 is 9.67 Å². The molecule has 0 fully saturated rings. The minimum Gasteiger partial charge on any atom is -0.868 e. The summed E-state index contributed by atoms with van der Waals surface area (Å²) in [7, 11) is 0. The van der Waals surface area contributed by atoms with Crippen LogP contribution >= 0.6 is 22.9 Å². The lowest BCUT2D eigenvalue weighted by molar-refractivity contribution is -0.695. The van der Waals surface area contributed by atoms with Gasteiger partial charge in [-0.1, -0.05) is 23.7 Å². The van der Waals surface area contributed by atoms with Crippen molar-refractivity contribution < 1.29 is 19.3 Å². The number of ketones is 1. The molecule has 3 heterocycles. The van der Waals surface area contributed by atoms with Crippen molar-refractivity contribution in [3.63, 3.8) is 0 Å². The van der Waals surface area contributed by atoms with Crippen LogP contribution in [0, 0.1) is 13.8 Å². The number of thiazole rings is 1. The smallest absolute Gasteiger partial charge is 0.241 e. The van der Waals surface area contributed by atoms with E-state index in [0.29, 0.717) is 40.7 Å². The summed E-state index contributed by atoms with van der Waals surface area (Å²) in [5.74, 6) is -1.82. The Labute approximate surface area is 188 Å². The van der Waals surface area contributed by atoms with Gasteiger partial charge >= 0.3 is 0 Å². The van der Waals surface area contributed by atoms with Crippen molar-refractivity contribution in [1.29, 1.82) is 0 Å². The quantitative estimate of drug-likeness (QED) is 0.436. The van der Waals surface area contributed by atoms with Crippen LogP contribution in [0.2, 0.25) is 5.02 Å². The van der Waals surface area contributed by atoms with Crippen molar-refractivity contribution in [3.05, 3.63) is 80.5 Å². The molecule has 1 unspecified atom stereocenters. The molecule has 7 nitrogen and oxygen atoms in total. The number of carbonyl (C=O) groups excluding carboxylic acids is 2. The van der Waals surface area contributed by atoms with Crippen molar-refractivity contribution in [3.8, 4) is 0 Å². The first-order valence-corrected chi connectivity index (χ1v) is 11.0. The first kappa shape index (κ1) is 21.3. The molecule has 2 aromatic heterocycles.